The van der Waals surface area contributed by atoms with Gasteiger partial charge in [0, 0.05) is 23.2 Å². The first-order valence-electron chi connectivity index (χ1n) is 11.8. The summed E-state index contributed by atoms with van der Waals surface area (Å²) in [5, 5.41) is 3.53. The Morgan fingerprint density at radius 2 is 1.85 bits per heavy atom. The fourth-order valence-electron chi connectivity index (χ4n) is 4.42. The maximum Gasteiger partial charge on any atom is 0.349 e. The lowest BCUT2D eigenvalue weighted by Crippen LogP contribution is -2.21. The molecule has 0 radical (unpaired) electrons. The van der Waals surface area contributed by atoms with Gasteiger partial charge in [-0.05, 0) is 82.1 Å². The van der Waals surface area contributed by atoms with Crippen LogP contribution in [-0.2, 0) is 13.0 Å². The zero-order valence-electron chi connectivity index (χ0n) is 19.6. The number of nitrogens with one attached hydrogen (secondary N) is 1. The van der Waals surface area contributed by atoms with E-state index in [0.29, 0.717) is 11.3 Å². The molecule has 0 bridgehead atoms. The van der Waals surface area contributed by atoms with Crippen LogP contribution < -0.4 is 15.7 Å². The van der Waals surface area contributed by atoms with Gasteiger partial charge >= 0.3 is 5.63 Å². The molecule has 33 heavy (non-hydrogen) atoms. The Labute approximate surface area is 194 Å². The van der Waals surface area contributed by atoms with Crippen LogP contribution in [0.3, 0.4) is 0 Å². The van der Waals surface area contributed by atoms with Gasteiger partial charge in [0.2, 0.25) is 0 Å². The number of hydrogen-bond acceptors (Lipinski definition) is 5. The lowest BCUT2D eigenvalue weighted by molar-refractivity contribution is 0.102. The van der Waals surface area contributed by atoms with Crippen LogP contribution >= 0.6 is 0 Å². The smallest absolute Gasteiger partial charge is 0.349 e. The average molecular weight is 449 g/mol. The summed E-state index contributed by atoms with van der Waals surface area (Å²) in [5.74, 6) is 0.309. The minimum Gasteiger partial charge on any atom is -0.490 e. The first-order valence-corrected chi connectivity index (χ1v) is 11.8. The minimum atomic E-state index is -0.639. The molecular formula is C27H32N2O4. The van der Waals surface area contributed by atoms with Gasteiger partial charge in [-0.2, -0.15) is 0 Å². The summed E-state index contributed by atoms with van der Waals surface area (Å²) in [7, 11) is 4.01. The van der Waals surface area contributed by atoms with Gasteiger partial charge in [0.05, 0.1) is 6.10 Å². The van der Waals surface area contributed by atoms with E-state index >= 15 is 0 Å². The average Bonchev–Trinajstić information content (AvgIpc) is 3.29. The van der Waals surface area contributed by atoms with Crippen molar-refractivity contribution in [3.8, 4) is 5.75 Å². The Morgan fingerprint density at radius 1 is 1.12 bits per heavy atom. The van der Waals surface area contributed by atoms with Crippen LogP contribution in [0.2, 0.25) is 0 Å². The van der Waals surface area contributed by atoms with Crippen LogP contribution in [0.15, 0.2) is 51.7 Å². The molecule has 1 amide bonds. The zero-order valence-corrected chi connectivity index (χ0v) is 19.6. The molecule has 0 unspecified atom stereocenters. The third-order valence-corrected chi connectivity index (χ3v) is 6.01. The number of rotatable bonds is 8. The van der Waals surface area contributed by atoms with Crippen LogP contribution in [0.25, 0.3) is 11.0 Å². The molecule has 6 nitrogen and oxygen atoms in total. The number of benzene rings is 2. The van der Waals surface area contributed by atoms with E-state index in [1.807, 2.05) is 50.5 Å². The lowest BCUT2D eigenvalue weighted by Gasteiger charge is -2.17. The highest BCUT2D eigenvalue weighted by Crippen LogP contribution is 2.32. The van der Waals surface area contributed by atoms with Crippen LogP contribution in [0.5, 0.6) is 5.75 Å². The molecule has 174 valence electrons. The van der Waals surface area contributed by atoms with Crippen molar-refractivity contribution in [1.29, 1.82) is 0 Å². The molecular weight excluding hydrogens is 416 g/mol. The normalized spacial score (nSPS) is 14.2. The maximum absolute atomic E-state index is 12.8. The SMILES string of the molecule is CCCc1c(OC2CCCC2)ccc2cc(C(=O)Nc3ccc(CN(C)C)cc3)c(=O)oc12. The molecule has 1 fully saturated rings. The van der Waals surface area contributed by atoms with E-state index in [-0.39, 0.29) is 11.7 Å². The highest BCUT2D eigenvalue weighted by molar-refractivity contribution is 6.05. The van der Waals surface area contributed by atoms with E-state index in [2.05, 4.69) is 17.1 Å². The number of nitrogens with zero attached hydrogens (tertiary/aromatic N) is 1. The molecule has 1 saturated carbocycles. The van der Waals surface area contributed by atoms with Crippen molar-refractivity contribution in [2.75, 3.05) is 19.4 Å². The van der Waals surface area contributed by atoms with Gasteiger partial charge in [0.1, 0.15) is 16.9 Å². The molecule has 0 spiro atoms. The van der Waals surface area contributed by atoms with Crippen molar-refractivity contribution >= 4 is 22.6 Å². The van der Waals surface area contributed by atoms with E-state index in [0.717, 1.165) is 54.5 Å². The van der Waals surface area contributed by atoms with Crippen molar-refractivity contribution in [2.45, 2.75) is 58.1 Å². The fraction of sp³-hybridized carbons (Fsp3) is 0.407. The van der Waals surface area contributed by atoms with Gasteiger partial charge in [0.25, 0.3) is 5.91 Å². The Hall–Kier alpha value is -3.12. The number of carbonyl (C=O) groups is 1. The van der Waals surface area contributed by atoms with Gasteiger partial charge in [-0.15, -0.1) is 0 Å². The van der Waals surface area contributed by atoms with E-state index in [1.54, 1.807) is 6.07 Å². The summed E-state index contributed by atoms with van der Waals surface area (Å²) >= 11 is 0. The Kier molecular flexibility index (Phi) is 7.14. The van der Waals surface area contributed by atoms with E-state index in [4.69, 9.17) is 9.15 Å². The third-order valence-electron chi connectivity index (χ3n) is 6.01. The molecule has 1 aromatic heterocycles. The van der Waals surface area contributed by atoms with Gasteiger partial charge in [-0.1, -0.05) is 25.5 Å². The maximum atomic E-state index is 12.8. The standard InChI is InChI=1S/C27H32N2O4/c1-4-7-22-24(32-21-8-5-6-9-21)15-12-19-16-23(27(31)33-25(19)22)26(30)28-20-13-10-18(11-14-20)17-29(2)3/h10-16,21H,4-9,17H2,1-3H3,(H,28,30). The Balaban J connectivity index is 1.60. The topological polar surface area (TPSA) is 71.8 Å². The number of carbonyl (C=O) groups excluding carboxylic acids is 1. The molecule has 1 aliphatic rings. The van der Waals surface area contributed by atoms with Crippen LogP contribution in [0.1, 0.15) is 60.5 Å². The van der Waals surface area contributed by atoms with E-state index in [9.17, 15) is 9.59 Å². The second kappa shape index (κ2) is 10.2. The molecule has 2 aromatic carbocycles. The largest absolute Gasteiger partial charge is 0.490 e. The van der Waals surface area contributed by atoms with Crippen LogP contribution in [0, 0.1) is 0 Å². The minimum absolute atomic E-state index is 0.00761. The Bertz CT molecular complexity index is 1180. The molecule has 0 atom stereocenters. The van der Waals surface area contributed by atoms with Crippen molar-refractivity contribution in [1.82, 2.24) is 4.90 Å². The summed E-state index contributed by atoms with van der Waals surface area (Å²) in [4.78, 5) is 27.7. The number of aryl methyl sites for hydroxylation is 1. The van der Waals surface area contributed by atoms with Crippen LogP contribution in [0.4, 0.5) is 5.69 Å². The number of amides is 1. The zero-order chi connectivity index (χ0) is 23.4. The molecule has 1 aliphatic carbocycles. The molecule has 3 aromatic rings. The predicted molar refractivity (Wildman–Crippen MR) is 131 cm³/mol. The highest BCUT2D eigenvalue weighted by Gasteiger charge is 2.21. The Morgan fingerprint density at radius 3 is 2.52 bits per heavy atom. The number of anilines is 1. The first-order chi connectivity index (χ1) is 15.9. The quantitative estimate of drug-likeness (QED) is 0.469. The highest BCUT2D eigenvalue weighted by atomic mass is 16.5. The van der Waals surface area contributed by atoms with Gasteiger partial charge < -0.3 is 19.4 Å². The van der Waals surface area contributed by atoms with Gasteiger partial charge in [-0.25, -0.2) is 4.79 Å². The molecule has 1 N–H and O–H groups in total. The van der Waals surface area contributed by atoms with Crippen molar-refractivity contribution in [2.24, 2.45) is 0 Å². The van der Waals surface area contributed by atoms with Gasteiger partial charge in [0.15, 0.2) is 0 Å². The monoisotopic (exact) mass is 448 g/mol. The van der Waals surface area contributed by atoms with Gasteiger partial charge in [-0.3, -0.25) is 4.79 Å². The number of fused-ring (bicyclic) bond motifs is 1. The lowest BCUT2D eigenvalue weighted by atomic mass is 10.0. The summed E-state index contributed by atoms with van der Waals surface area (Å²) in [6.07, 6.45) is 6.36. The molecule has 6 heteroatoms. The fourth-order valence-corrected chi connectivity index (χ4v) is 4.42. The van der Waals surface area contributed by atoms with Crippen LogP contribution in [-0.4, -0.2) is 31.0 Å². The van der Waals surface area contributed by atoms with Crippen molar-refractivity contribution in [3.63, 3.8) is 0 Å². The second-order valence-corrected chi connectivity index (χ2v) is 9.07. The second-order valence-electron chi connectivity index (χ2n) is 9.07. The molecule has 0 aliphatic heterocycles. The van der Waals surface area contributed by atoms with E-state index in [1.165, 1.54) is 12.8 Å². The summed E-state index contributed by atoms with van der Waals surface area (Å²) < 4.78 is 12.0. The molecule has 4 rings (SSSR count). The van der Waals surface area contributed by atoms with Crippen molar-refractivity contribution < 1.29 is 13.9 Å². The molecule has 1 heterocycles. The molecule has 0 saturated heterocycles. The van der Waals surface area contributed by atoms with Crippen molar-refractivity contribution in [3.05, 3.63) is 69.6 Å². The number of hydrogen-bond donors (Lipinski definition) is 1. The summed E-state index contributed by atoms with van der Waals surface area (Å²) in [6.45, 7) is 2.90. The first kappa shape index (κ1) is 23.1. The summed E-state index contributed by atoms with van der Waals surface area (Å²) in [5.41, 5.74) is 2.55. The third kappa shape index (κ3) is 5.45. The number of ether oxygens (including phenoxy) is 1. The predicted octanol–water partition coefficient (Wildman–Crippen LogP) is 5.38. The van der Waals surface area contributed by atoms with E-state index < -0.39 is 11.5 Å². The summed E-state index contributed by atoms with van der Waals surface area (Å²) in [6, 6.07) is 13.0.